The lowest BCUT2D eigenvalue weighted by atomic mass is 10.1. The van der Waals surface area contributed by atoms with Gasteiger partial charge < -0.3 is 14.8 Å². The molecule has 186 valence electrons. The maximum atomic E-state index is 14.0. The Hall–Kier alpha value is -4.20. The molecule has 2 amide bonds. The molecule has 0 saturated carbocycles. The predicted octanol–water partition coefficient (Wildman–Crippen LogP) is 3.87. The molecule has 0 spiro atoms. The molecule has 8 heteroatoms. The van der Waals surface area contributed by atoms with Crippen molar-refractivity contribution in [2.45, 2.75) is 26.3 Å². The number of hydrogen-bond acceptors (Lipinski definition) is 5. The SMILES string of the molecule is Cc1ccc(F)c(OCC(=O)c2ccc3c(c2)N([C@@H](C)C(=O)NCCc2ccccc2)C(=O)CO3)c1. The lowest BCUT2D eigenvalue weighted by Crippen LogP contribution is -2.51. The molecule has 36 heavy (non-hydrogen) atoms. The van der Waals surface area contributed by atoms with Crippen LogP contribution in [0.2, 0.25) is 0 Å². The summed E-state index contributed by atoms with van der Waals surface area (Å²) in [5.41, 5.74) is 2.47. The Morgan fingerprint density at radius 3 is 2.67 bits per heavy atom. The number of carbonyl (C=O) groups excluding carboxylic acids is 3. The molecular weight excluding hydrogens is 463 g/mol. The summed E-state index contributed by atoms with van der Waals surface area (Å²) in [6.07, 6.45) is 0.660. The highest BCUT2D eigenvalue weighted by Crippen LogP contribution is 2.34. The van der Waals surface area contributed by atoms with Crippen LogP contribution in [0.4, 0.5) is 10.1 Å². The van der Waals surface area contributed by atoms with E-state index in [-0.39, 0.29) is 30.4 Å². The van der Waals surface area contributed by atoms with Crippen LogP contribution in [0.5, 0.6) is 11.5 Å². The van der Waals surface area contributed by atoms with Crippen LogP contribution >= 0.6 is 0 Å². The summed E-state index contributed by atoms with van der Waals surface area (Å²) in [7, 11) is 0. The van der Waals surface area contributed by atoms with Gasteiger partial charge in [0.1, 0.15) is 11.8 Å². The maximum Gasteiger partial charge on any atom is 0.265 e. The second-order valence-corrected chi connectivity index (χ2v) is 8.58. The van der Waals surface area contributed by atoms with Crippen molar-refractivity contribution >= 4 is 23.3 Å². The Morgan fingerprint density at radius 2 is 1.89 bits per heavy atom. The standard InChI is InChI=1S/C28H27FN2O5/c1-18-8-10-22(29)26(14-18)35-16-24(32)21-9-11-25-23(15-21)31(27(33)17-36-25)19(2)28(34)30-13-12-20-6-4-3-5-7-20/h3-11,14-15,19H,12-13,16-17H2,1-2H3,(H,30,34)/t19-/m0/s1. The molecule has 7 nitrogen and oxygen atoms in total. The van der Waals surface area contributed by atoms with Crippen molar-refractivity contribution in [3.63, 3.8) is 0 Å². The molecule has 4 rings (SSSR count). The number of ketones is 1. The Balaban J connectivity index is 1.45. The molecule has 0 unspecified atom stereocenters. The van der Waals surface area contributed by atoms with Crippen molar-refractivity contribution in [2.75, 3.05) is 24.7 Å². The Labute approximate surface area is 208 Å². The van der Waals surface area contributed by atoms with E-state index in [1.807, 2.05) is 30.3 Å². The number of halogens is 1. The van der Waals surface area contributed by atoms with E-state index >= 15 is 0 Å². The molecule has 1 N–H and O–H groups in total. The van der Waals surface area contributed by atoms with Crippen LogP contribution in [0.1, 0.15) is 28.4 Å². The molecule has 1 aliphatic heterocycles. The number of carbonyl (C=O) groups is 3. The van der Waals surface area contributed by atoms with Gasteiger partial charge in [-0.3, -0.25) is 19.3 Å². The van der Waals surface area contributed by atoms with Crippen LogP contribution < -0.4 is 19.7 Å². The number of Topliss-reactive ketones (excluding diaryl/α,β-unsaturated/α-hetero) is 1. The summed E-state index contributed by atoms with van der Waals surface area (Å²) in [5, 5.41) is 2.87. The third kappa shape index (κ3) is 5.71. The highest BCUT2D eigenvalue weighted by Gasteiger charge is 2.33. The summed E-state index contributed by atoms with van der Waals surface area (Å²) in [5.74, 6) is -1.30. The average molecular weight is 491 g/mol. The lowest BCUT2D eigenvalue weighted by Gasteiger charge is -2.33. The number of fused-ring (bicyclic) bond motifs is 1. The second kappa shape index (κ2) is 11.0. The fourth-order valence-electron chi connectivity index (χ4n) is 3.96. The first-order valence-corrected chi connectivity index (χ1v) is 11.7. The van der Waals surface area contributed by atoms with Crippen LogP contribution in [0.3, 0.4) is 0 Å². The molecule has 1 atom stereocenters. The minimum Gasteiger partial charge on any atom is -0.482 e. The third-order valence-corrected chi connectivity index (χ3v) is 5.93. The maximum absolute atomic E-state index is 14.0. The first-order chi connectivity index (χ1) is 17.3. The van der Waals surface area contributed by atoms with E-state index in [4.69, 9.17) is 9.47 Å². The van der Waals surface area contributed by atoms with Crippen LogP contribution in [0.25, 0.3) is 0 Å². The Bertz CT molecular complexity index is 1280. The number of aryl methyl sites for hydroxylation is 1. The fourth-order valence-corrected chi connectivity index (χ4v) is 3.96. The first kappa shape index (κ1) is 24.9. The van der Waals surface area contributed by atoms with Gasteiger partial charge in [-0.25, -0.2) is 4.39 Å². The molecule has 3 aromatic rings. The van der Waals surface area contributed by atoms with Gasteiger partial charge in [0.15, 0.2) is 30.6 Å². The average Bonchev–Trinajstić information content (AvgIpc) is 2.88. The summed E-state index contributed by atoms with van der Waals surface area (Å²) < 4.78 is 24.9. The number of ether oxygens (including phenoxy) is 2. The van der Waals surface area contributed by atoms with Gasteiger partial charge >= 0.3 is 0 Å². The number of benzene rings is 3. The van der Waals surface area contributed by atoms with Crippen molar-refractivity contribution in [2.24, 2.45) is 0 Å². The van der Waals surface area contributed by atoms with E-state index in [1.54, 1.807) is 32.0 Å². The highest BCUT2D eigenvalue weighted by atomic mass is 19.1. The van der Waals surface area contributed by atoms with E-state index in [2.05, 4.69) is 5.32 Å². The normalized spacial score (nSPS) is 13.4. The van der Waals surface area contributed by atoms with Gasteiger partial charge in [-0.2, -0.15) is 0 Å². The van der Waals surface area contributed by atoms with Crippen LogP contribution in [-0.2, 0) is 16.0 Å². The van der Waals surface area contributed by atoms with E-state index in [0.29, 0.717) is 24.4 Å². The predicted molar refractivity (Wildman–Crippen MR) is 133 cm³/mol. The van der Waals surface area contributed by atoms with E-state index in [1.165, 1.54) is 23.1 Å². The minimum absolute atomic E-state index is 0.0118. The number of anilines is 1. The zero-order valence-electron chi connectivity index (χ0n) is 20.1. The molecular formula is C28H27FN2O5. The molecule has 0 radical (unpaired) electrons. The van der Waals surface area contributed by atoms with E-state index < -0.39 is 23.5 Å². The third-order valence-electron chi connectivity index (χ3n) is 5.93. The smallest absolute Gasteiger partial charge is 0.265 e. The van der Waals surface area contributed by atoms with Crippen LogP contribution in [0.15, 0.2) is 66.7 Å². The van der Waals surface area contributed by atoms with Crippen molar-refractivity contribution in [1.82, 2.24) is 5.32 Å². The van der Waals surface area contributed by atoms with Gasteiger partial charge in [0.05, 0.1) is 5.69 Å². The zero-order valence-corrected chi connectivity index (χ0v) is 20.1. The Morgan fingerprint density at radius 1 is 1.11 bits per heavy atom. The van der Waals surface area contributed by atoms with Gasteiger partial charge in [-0.05, 0) is 61.7 Å². The van der Waals surface area contributed by atoms with Gasteiger partial charge in [0, 0.05) is 12.1 Å². The van der Waals surface area contributed by atoms with Gasteiger partial charge in [-0.15, -0.1) is 0 Å². The topological polar surface area (TPSA) is 84.9 Å². The van der Waals surface area contributed by atoms with Gasteiger partial charge in [-0.1, -0.05) is 36.4 Å². The minimum atomic E-state index is -0.820. The van der Waals surface area contributed by atoms with Crippen molar-refractivity contribution < 1.29 is 28.2 Å². The number of rotatable bonds is 9. The quantitative estimate of drug-likeness (QED) is 0.461. The van der Waals surface area contributed by atoms with Crippen molar-refractivity contribution in [3.8, 4) is 11.5 Å². The molecule has 1 aliphatic rings. The number of nitrogens with one attached hydrogen (secondary N) is 1. The molecule has 3 aromatic carbocycles. The molecule has 1 heterocycles. The molecule has 0 saturated heterocycles. The molecule has 0 aromatic heterocycles. The van der Waals surface area contributed by atoms with Gasteiger partial charge in [0.25, 0.3) is 5.91 Å². The molecule has 0 fully saturated rings. The van der Waals surface area contributed by atoms with Crippen molar-refractivity contribution in [3.05, 3.63) is 89.2 Å². The number of nitrogens with zero attached hydrogens (tertiary/aromatic N) is 1. The fraction of sp³-hybridized carbons (Fsp3) is 0.250. The molecule has 0 aliphatic carbocycles. The summed E-state index contributed by atoms with van der Waals surface area (Å²) in [6, 6.07) is 18.0. The first-order valence-electron chi connectivity index (χ1n) is 11.7. The highest BCUT2D eigenvalue weighted by molar-refractivity contribution is 6.05. The summed E-state index contributed by atoms with van der Waals surface area (Å²) >= 11 is 0. The van der Waals surface area contributed by atoms with Gasteiger partial charge in [0.2, 0.25) is 5.91 Å². The Kier molecular flexibility index (Phi) is 7.63. The van der Waals surface area contributed by atoms with Crippen LogP contribution in [0, 0.1) is 12.7 Å². The summed E-state index contributed by atoms with van der Waals surface area (Å²) in [6.45, 7) is 3.25. The summed E-state index contributed by atoms with van der Waals surface area (Å²) in [4.78, 5) is 39.7. The number of hydrogen-bond donors (Lipinski definition) is 1. The number of amides is 2. The van der Waals surface area contributed by atoms with E-state index in [0.717, 1.165) is 11.1 Å². The zero-order chi connectivity index (χ0) is 25.7. The van der Waals surface area contributed by atoms with Crippen molar-refractivity contribution in [1.29, 1.82) is 0 Å². The lowest BCUT2D eigenvalue weighted by molar-refractivity contribution is -0.127. The molecule has 0 bridgehead atoms. The van der Waals surface area contributed by atoms with Crippen LogP contribution in [-0.4, -0.2) is 43.4 Å². The second-order valence-electron chi connectivity index (χ2n) is 8.58. The largest absolute Gasteiger partial charge is 0.482 e. The monoisotopic (exact) mass is 490 g/mol. The van der Waals surface area contributed by atoms with E-state index in [9.17, 15) is 18.8 Å².